The minimum absolute atomic E-state index is 0.443. The number of nitrogens with one attached hydrogen (secondary N) is 1. The number of anilines is 2. The highest BCUT2D eigenvalue weighted by Crippen LogP contribution is 2.24. The molecule has 104 valence electrons. The van der Waals surface area contributed by atoms with Crippen molar-refractivity contribution in [2.75, 3.05) is 5.32 Å². The molecule has 1 N–H and O–H groups in total. The summed E-state index contributed by atoms with van der Waals surface area (Å²) >= 11 is 6.01. The summed E-state index contributed by atoms with van der Waals surface area (Å²) in [6.07, 6.45) is 5.01. The van der Waals surface area contributed by atoms with Crippen molar-refractivity contribution in [1.82, 2.24) is 19.6 Å². The molecule has 0 amide bonds. The molecule has 21 heavy (non-hydrogen) atoms. The molecule has 0 bridgehead atoms. The fourth-order valence-corrected chi connectivity index (χ4v) is 2.16. The maximum Gasteiger partial charge on any atom is 0.152 e. The maximum atomic E-state index is 9.23. The minimum atomic E-state index is 0.443. The highest BCUT2D eigenvalue weighted by Gasteiger charge is 2.13. The van der Waals surface area contributed by atoms with Crippen LogP contribution >= 0.6 is 11.6 Å². The zero-order chi connectivity index (χ0) is 14.8. The van der Waals surface area contributed by atoms with Crippen LogP contribution < -0.4 is 5.32 Å². The minimum Gasteiger partial charge on any atom is -0.336 e. The number of benzene rings is 1. The van der Waals surface area contributed by atoms with Gasteiger partial charge in [-0.1, -0.05) is 17.7 Å². The number of aromatic nitrogens is 4. The Bertz CT molecular complexity index is 826. The van der Waals surface area contributed by atoms with E-state index in [1.165, 1.54) is 6.20 Å². The van der Waals surface area contributed by atoms with E-state index in [0.717, 1.165) is 11.4 Å². The number of nitriles is 1. The molecule has 0 spiro atoms. The highest BCUT2D eigenvalue weighted by molar-refractivity contribution is 6.30. The number of rotatable bonds is 3. The summed E-state index contributed by atoms with van der Waals surface area (Å²) in [6, 6.07) is 9.39. The molecule has 1 aromatic carbocycles. The summed E-state index contributed by atoms with van der Waals surface area (Å²) < 4.78 is 3.31. The number of hydrogen-bond donors (Lipinski definition) is 1. The van der Waals surface area contributed by atoms with E-state index >= 15 is 0 Å². The second-order valence-corrected chi connectivity index (χ2v) is 4.87. The molecule has 0 saturated carbocycles. The van der Waals surface area contributed by atoms with Crippen LogP contribution in [0.3, 0.4) is 0 Å². The van der Waals surface area contributed by atoms with Gasteiger partial charge >= 0.3 is 0 Å². The zero-order valence-corrected chi connectivity index (χ0v) is 11.9. The predicted octanol–water partition coefficient (Wildman–Crippen LogP) is 2.87. The Morgan fingerprint density at radius 1 is 1.29 bits per heavy atom. The van der Waals surface area contributed by atoms with Crippen LogP contribution in [0.2, 0.25) is 5.02 Å². The van der Waals surface area contributed by atoms with Gasteiger partial charge in [0.1, 0.15) is 11.6 Å². The van der Waals surface area contributed by atoms with Crippen LogP contribution in [0.15, 0.2) is 42.9 Å². The average Bonchev–Trinajstić information content (AvgIpc) is 3.05. The first kappa shape index (κ1) is 13.2. The van der Waals surface area contributed by atoms with Crippen molar-refractivity contribution in [3.05, 3.63) is 53.4 Å². The molecular weight excluding hydrogens is 288 g/mol. The van der Waals surface area contributed by atoms with Gasteiger partial charge in [0.15, 0.2) is 5.82 Å². The van der Waals surface area contributed by atoms with Crippen molar-refractivity contribution in [3.63, 3.8) is 0 Å². The van der Waals surface area contributed by atoms with Crippen molar-refractivity contribution in [3.8, 4) is 11.8 Å². The van der Waals surface area contributed by atoms with Gasteiger partial charge in [-0.15, -0.1) is 0 Å². The van der Waals surface area contributed by atoms with Crippen molar-refractivity contribution in [2.45, 2.75) is 0 Å². The van der Waals surface area contributed by atoms with E-state index in [-0.39, 0.29) is 0 Å². The van der Waals surface area contributed by atoms with Gasteiger partial charge in [0.2, 0.25) is 0 Å². The maximum absolute atomic E-state index is 9.23. The van der Waals surface area contributed by atoms with Crippen LogP contribution in [0.5, 0.6) is 0 Å². The lowest BCUT2D eigenvalue weighted by Gasteiger charge is -2.09. The summed E-state index contributed by atoms with van der Waals surface area (Å²) in [4.78, 5) is 0. The first-order valence-corrected chi connectivity index (χ1v) is 6.55. The molecule has 0 aliphatic rings. The van der Waals surface area contributed by atoms with E-state index in [2.05, 4.69) is 21.6 Å². The Kier molecular flexibility index (Phi) is 3.34. The summed E-state index contributed by atoms with van der Waals surface area (Å²) in [5.74, 6) is 0.577. The number of nitrogens with zero attached hydrogens (tertiary/aromatic N) is 5. The number of halogens is 1. The highest BCUT2D eigenvalue weighted by atomic mass is 35.5. The quantitative estimate of drug-likeness (QED) is 0.807. The fraction of sp³-hybridized carbons (Fsp3) is 0.0714. The zero-order valence-electron chi connectivity index (χ0n) is 11.2. The summed E-state index contributed by atoms with van der Waals surface area (Å²) in [6.45, 7) is 0. The molecule has 0 saturated heterocycles. The summed E-state index contributed by atoms with van der Waals surface area (Å²) in [5, 5.41) is 21.3. The number of hydrogen-bond acceptors (Lipinski definition) is 4. The van der Waals surface area contributed by atoms with Crippen molar-refractivity contribution in [1.29, 1.82) is 5.26 Å². The first-order valence-electron chi connectivity index (χ1n) is 6.17. The van der Waals surface area contributed by atoms with E-state index in [1.54, 1.807) is 27.7 Å². The molecule has 7 heteroatoms. The Hall–Kier alpha value is -2.78. The van der Waals surface area contributed by atoms with Crippen LogP contribution in [0, 0.1) is 11.3 Å². The molecule has 2 heterocycles. The van der Waals surface area contributed by atoms with Gasteiger partial charge < -0.3 is 5.32 Å². The van der Waals surface area contributed by atoms with E-state index in [0.29, 0.717) is 16.4 Å². The van der Waals surface area contributed by atoms with Crippen molar-refractivity contribution >= 4 is 23.1 Å². The Morgan fingerprint density at radius 2 is 2.14 bits per heavy atom. The van der Waals surface area contributed by atoms with E-state index < -0.39 is 0 Å². The molecule has 2 aromatic heterocycles. The first-order chi connectivity index (χ1) is 10.2. The summed E-state index contributed by atoms with van der Waals surface area (Å²) in [5.41, 5.74) is 1.99. The van der Waals surface area contributed by atoms with Gasteiger partial charge in [-0.25, -0.2) is 4.68 Å². The third-order valence-corrected chi connectivity index (χ3v) is 3.15. The second kappa shape index (κ2) is 5.31. The summed E-state index contributed by atoms with van der Waals surface area (Å²) in [7, 11) is 1.82. The molecular formula is C14H11ClN6. The largest absolute Gasteiger partial charge is 0.336 e. The molecule has 0 radical (unpaired) electrons. The van der Waals surface area contributed by atoms with Crippen molar-refractivity contribution in [2.24, 2.45) is 7.05 Å². The third-order valence-electron chi connectivity index (χ3n) is 2.91. The second-order valence-electron chi connectivity index (χ2n) is 4.44. The van der Waals surface area contributed by atoms with Gasteiger partial charge in [0, 0.05) is 18.3 Å². The van der Waals surface area contributed by atoms with Crippen LogP contribution in [0.1, 0.15) is 5.56 Å². The molecule has 0 aliphatic carbocycles. The van der Waals surface area contributed by atoms with Gasteiger partial charge in [0.05, 0.1) is 23.8 Å². The van der Waals surface area contributed by atoms with Crippen LogP contribution in [-0.4, -0.2) is 19.6 Å². The van der Waals surface area contributed by atoms with Crippen LogP contribution in [-0.2, 0) is 7.05 Å². The SMILES string of the molecule is Cn1cc(Nc2c(C#N)cnn2-c2cccc(Cl)c2)cn1. The smallest absolute Gasteiger partial charge is 0.152 e. The molecule has 0 atom stereocenters. The van der Waals surface area contributed by atoms with Gasteiger partial charge in [-0.05, 0) is 18.2 Å². The fourth-order valence-electron chi connectivity index (χ4n) is 1.98. The van der Waals surface area contributed by atoms with Gasteiger partial charge in [-0.2, -0.15) is 15.5 Å². The number of aryl methyl sites for hydroxylation is 1. The molecule has 0 unspecified atom stereocenters. The Labute approximate surface area is 126 Å². The average molecular weight is 299 g/mol. The molecule has 0 fully saturated rings. The lowest BCUT2D eigenvalue weighted by Crippen LogP contribution is -2.03. The molecule has 0 aliphatic heterocycles. The topological polar surface area (TPSA) is 71.5 Å². The normalized spacial score (nSPS) is 10.3. The van der Waals surface area contributed by atoms with E-state index in [9.17, 15) is 5.26 Å². The van der Waals surface area contributed by atoms with Gasteiger partial charge in [0.25, 0.3) is 0 Å². The lowest BCUT2D eigenvalue weighted by atomic mass is 10.3. The monoisotopic (exact) mass is 298 g/mol. The molecule has 3 aromatic rings. The lowest BCUT2D eigenvalue weighted by molar-refractivity contribution is 0.768. The van der Waals surface area contributed by atoms with Crippen LogP contribution in [0.25, 0.3) is 5.69 Å². The Morgan fingerprint density at radius 3 is 2.81 bits per heavy atom. The van der Waals surface area contributed by atoms with Crippen molar-refractivity contribution < 1.29 is 0 Å². The van der Waals surface area contributed by atoms with E-state index in [4.69, 9.17) is 11.6 Å². The third kappa shape index (κ3) is 2.59. The molecule has 6 nitrogen and oxygen atoms in total. The van der Waals surface area contributed by atoms with Crippen LogP contribution in [0.4, 0.5) is 11.5 Å². The predicted molar refractivity (Wildman–Crippen MR) is 79.8 cm³/mol. The standard InChI is InChI=1S/C14H11ClN6/c1-20-9-12(8-17-20)19-14-10(6-16)7-18-21(14)13-4-2-3-11(15)5-13/h2-5,7-9,19H,1H3. The molecule has 3 rings (SSSR count). The van der Waals surface area contributed by atoms with E-state index in [1.807, 2.05) is 25.4 Å². The van der Waals surface area contributed by atoms with Gasteiger partial charge in [-0.3, -0.25) is 4.68 Å². The Balaban J connectivity index is 2.06.